The van der Waals surface area contributed by atoms with Crippen molar-refractivity contribution in [2.24, 2.45) is 0 Å². The van der Waals surface area contributed by atoms with Crippen molar-refractivity contribution in [2.75, 3.05) is 33.3 Å². The largest absolute Gasteiger partial charge is 0.493 e. The van der Waals surface area contributed by atoms with Crippen LogP contribution in [0.3, 0.4) is 0 Å². The SMILES string of the molecule is COc1cc(C(=O)N(C)c2ccccc2)c([N+](=O)[O-])c(OC)c1OC. The van der Waals surface area contributed by atoms with Gasteiger partial charge in [-0.05, 0) is 12.1 Å². The average molecular weight is 346 g/mol. The molecule has 0 fully saturated rings. The zero-order chi connectivity index (χ0) is 18.6. The smallest absolute Gasteiger partial charge is 0.327 e. The quantitative estimate of drug-likeness (QED) is 0.590. The van der Waals surface area contributed by atoms with Crippen LogP contribution in [0.4, 0.5) is 11.4 Å². The maximum atomic E-state index is 12.9. The summed E-state index contributed by atoms with van der Waals surface area (Å²) in [5, 5.41) is 11.6. The number of nitro benzene ring substituents is 1. The van der Waals surface area contributed by atoms with Gasteiger partial charge in [-0.25, -0.2) is 0 Å². The summed E-state index contributed by atoms with van der Waals surface area (Å²) in [6.45, 7) is 0. The number of benzene rings is 2. The van der Waals surface area contributed by atoms with Crippen LogP contribution in [0, 0.1) is 10.1 Å². The van der Waals surface area contributed by atoms with Gasteiger partial charge in [-0.1, -0.05) is 18.2 Å². The molecule has 0 atom stereocenters. The Morgan fingerprint density at radius 1 is 1.04 bits per heavy atom. The van der Waals surface area contributed by atoms with E-state index >= 15 is 0 Å². The molecule has 0 heterocycles. The van der Waals surface area contributed by atoms with E-state index in [2.05, 4.69) is 0 Å². The monoisotopic (exact) mass is 346 g/mol. The molecule has 0 aliphatic carbocycles. The number of hydrogen-bond acceptors (Lipinski definition) is 6. The van der Waals surface area contributed by atoms with Gasteiger partial charge < -0.3 is 19.1 Å². The molecule has 0 saturated heterocycles. The van der Waals surface area contributed by atoms with Crippen molar-refractivity contribution in [2.45, 2.75) is 0 Å². The third-order valence-corrected chi connectivity index (χ3v) is 3.66. The molecule has 2 aromatic rings. The number of hydrogen-bond donors (Lipinski definition) is 0. The molecule has 0 bridgehead atoms. The average Bonchev–Trinajstić information content (AvgIpc) is 2.65. The van der Waals surface area contributed by atoms with E-state index in [9.17, 15) is 14.9 Å². The highest BCUT2D eigenvalue weighted by atomic mass is 16.6. The van der Waals surface area contributed by atoms with Crippen molar-refractivity contribution in [3.8, 4) is 17.2 Å². The van der Waals surface area contributed by atoms with Crippen molar-refractivity contribution in [1.82, 2.24) is 0 Å². The van der Waals surface area contributed by atoms with Crippen LogP contribution in [0.5, 0.6) is 17.2 Å². The van der Waals surface area contributed by atoms with Crippen molar-refractivity contribution in [3.05, 3.63) is 52.1 Å². The van der Waals surface area contributed by atoms with Gasteiger partial charge in [0.2, 0.25) is 11.5 Å². The fourth-order valence-electron chi connectivity index (χ4n) is 2.43. The summed E-state index contributed by atoms with van der Waals surface area (Å²) in [5.41, 5.74) is -0.0469. The molecule has 2 rings (SSSR count). The Labute approximate surface area is 144 Å². The van der Waals surface area contributed by atoms with Crippen molar-refractivity contribution < 1.29 is 23.9 Å². The van der Waals surface area contributed by atoms with Crippen LogP contribution in [-0.4, -0.2) is 39.2 Å². The second kappa shape index (κ2) is 7.52. The van der Waals surface area contributed by atoms with Gasteiger partial charge in [-0.2, -0.15) is 0 Å². The van der Waals surface area contributed by atoms with E-state index in [0.29, 0.717) is 5.69 Å². The van der Waals surface area contributed by atoms with E-state index in [1.165, 1.54) is 39.3 Å². The maximum Gasteiger partial charge on any atom is 0.327 e. The van der Waals surface area contributed by atoms with E-state index in [1.807, 2.05) is 6.07 Å². The Hall–Kier alpha value is -3.29. The Bertz CT molecular complexity index is 791. The molecule has 25 heavy (non-hydrogen) atoms. The third kappa shape index (κ3) is 3.32. The molecule has 0 aromatic heterocycles. The summed E-state index contributed by atoms with van der Waals surface area (Å²) in [6, 6.07) is 10.1. The number of anilines is 1. The van der Waals surface area contributed by atoms with Crippen LogP contribution in [0.1, 0.15) is 10.4 Å². The summed E-state index contributed by atoms with van der Waals surface area (Å²) >= 11 is 0. The summed E-state index contributed by atoms with van der Waals surface area (Å²) in [4.78, 5) is 25.1. The molecule has 132 valence electrons. The lowest BCUT2D eigenvalue weighted by atomic mass is 10.1. The molecular formula is C17H18N2O6. The fourth-order valence-corrected chi connectivity index (χ4v) is 2.43. The van der Waals surface area contributed by atoms with Gasteiger partial charge in [-0.15, -0.1) is 0 Å². The summed E-state index contributed by atoms with van der Waals surface area (Å²) in [7, 11) is 5.50. The van der Waals surface area contributed by atoms with Crippen molar-refractivity contribution in [3.63, 3.8) is 0 Å². The first-order valence-corrected chi connectivity index (χ1v) is 7.26. The number of amides is 1. The molecule has 2 aromatic carbocycles. The molecule has 0 aliphatic heterocycles. The fraction of sp³-hybridized carbons (Fsp3) is 0.235. The molecule has 8 heteroatoms. The molecule has 0 spiro atoms. The Balaban J connectivity index is 2.67. The molecule has 8 nitrogen and oxygen atoms in total. The van der Waals surface area contributed by atoms with Gasteiger partial charge in [0, 0.05) is 18.8 Å². The minimum Gasteiger partial charge on any atom is -0.493 e. The number of para-hydroxylation sites is 1. The highest BCUT2D eigenvalue weighted by Gasteiger charge is 2.33. The van der Waals surface area contributed by atoms with Crippen LogP contribution in [-0.2, 0) is 0 Å². The van der Waals surface area contributed by atoms with E-state index in [-0.39, 0.29) is 22.8 Å². The normalized spacial score (nSPS) is 10.1. The van der Waals surface area contributed by atoms with Crippen LogP contribution in [0.15, 0.2) is 36.4 Å². The predicted molar refractivity (Wildman–Crippen MR) is 91.9 cm³/mol. The molecule has 1 amide bonds. The number of rotatable bonds is 6. The number of nitro groups is 1. The number of methoxy groups -OCH3 is 3. The van der Waals surface area contributed by atoms with Gasteiger partial charge in [0.25, 0.3) is 5.91 Å². The lowest BCUT2D eigenvalue weighted by Gasteiger charge is -2.19. The number of carbonyl (C=O) groups excluding carboxylic acids is 1. The first-order chi connectivity index (χ1) is 12.0. The minimum atomic E-state index is -0.674. The lowest BCUT2D eigenvalue weighted by Crippen LogP contribution is -2.27. The summed E-state index contributed by atoms with van der Waals surface area (Å²) < 4.78 is 15.5. The van der Waals surface area contributed by atoms with E-state index in [4.69, 9.17) is 14.2 Å². The summed E-state index contributed by atoms with van der Waals surface area (Å²) in [5.74, 6) is -0.529. The number of carbonyl (C=O) groups is 1. The molecule has 0 saturated carbocycles. The number of nitrogens with zero attached hydrogens (tertiary/aromatic N) is 2. The van der Waals surface area contributed by atoms with Crippen LogP contribution < -0.4 is 19.1 Å². The Morgan fingerprint density at radius 3 is 2.12 bits per heavy atom. The topological polar surface area (TPSA) is 91.1 Å². The zero-order valence-electron chi connectivity index (χ0n) is 14.3. The third-order valence-electron chi connectivity index (χ3n) is 3.66. The first-order valence-electron chi connectivity index (χ1n) is 7.26. The van der Waals surface area contributed by atoms with Crippen LogP contribution in [0.25, 0.3) is 0 Å². The molecule has 0 N–H and O–H groups in total. The van der Waals surface area contributed by atoms with Gasteiger partial charge >= 0.3 is 5.69 Å². The van der Waals surface area contributed by atoms with E-state index in [0.717, 1.165) is 0 Å². The highest BCUT2D eigenvalue weighted by molar-refractivity contribution is 6.09. The molecule has 0 aliphatic rings. The number of ether oxygens (including phenoxy) is 3. The summed E-state index contributed by atoms with van der Waals surface area (Å²) in [6.07, 6.45) is 0. The van der Waals surface area contributed by atoms with Gasteiger partial charge in [0.15, 0.2) is 5.75 Å². The Morgan fingerprint density at radius 2 is 1.64 bits per heavy atom. The van der Waals surface area contributed by atoms with Crippen LogP contribution >= 0.6 is 0 Å². The lowest BCUT2D eigenvalue weighted by molar-refractivity contribution is -0.386. The Kier molecular flexibility index (Phi) is 5.43. The van der Waals surface area contributed by atoms with Crippen LogP contribution in [0.2, 0.25) is 0 Å². The second-order valence-electron chi connectivity index (χ2n) is 5.00. The molecule has 0 radical (unpaired) electrons. The highest BCUT2D eigenvalue weighted by Crippen LogP contribution is 2.46. The first kappa shape index (κ1) is 18.1. The predicted octanol–water partition coefficient (Wildman–Crippen LogP) is 2.90. The van der Waals surface area contributed by atoms with Gasteiger partial charge in [0.1, 0.15) is 5.56 Å². The second-order valence-corrected chi connectivity index (χ2v) is 5.00. The van der Waals surface area contributed by atoms with Crippen molar-refractivity contribution in [1.29, 1.82) is 0 Å². The zero-order valence-corrected chi connectivity index (χ0v) is 14.3. The van der Waals surface area contributed by atoms with Crippen molar-refractivity contribution >= 4 is 17.3 Å². The molecular weight excluding hydrogens is 328 g/mol. The maximum absolute atomic E-state index is 12.9. The molecule has 0 unspecified atom stereocenters. The van der Waals surface area contributed by atoms with E-state index in [1.54, 1.807) is 24.3 Å². The van der Waals surface area contributed by atoms with Gasteiger partial charge in [-0.3, -0.25) is 14.9 Å². The minimum absolute atomic E-state index is 0.0515. The van der Waals surface area contributed by atoms with E-state index < -0.39 is 16.5 Å². The standard InChI is InChI=1S/C17H18N2O6/c1-18(11-8-6-5-7-9-11)17(20)12-10-13(23-2)15(24-3)16(25-4)14(12)19(21)22/h5-10H,1-4H3. The van der Waals surface area contributed by atoms with Gasteiger partial charge in [0.05, 0.1) is 26.3 Å².